The van der Waals surface area contributed by atoms with Crippen molar-refractivity contribution in [2.45, 2.75) is 26.2 Å². The zero-order valence-electron chi connectivity index (χ0n) is 17.3. The zero-order chi connectivity index (χ0) is 20.5. The summed E-state index contributed by atoms with van der Waals surface area (Å²) in [6, 6.07) is 28.6. The summed E-state index contributed by atoms with van der Waals surface area (Å²) in [6.45, 7) is 6.75. The number of benzene rings is 4. The van der Waals surface area contributed by atoms with E-state index in [4.69, 9.17) is 4.42 Å². The van der Waals surface area contributed by atoms with Crippen molar-refractivity contribution in [2.24, 2.45) is 0 Å². The number of fused-ring (bicyclic) bond motifs is 6. The summed E-state index contributed by atoms with van der Waals surface area (Å²) in [7, 11) is 0. The van der Waals surface area contributed by atoms with Crippen molar-refractivity contribution in [3.05, 3.63) is 95.6 Å². The number of hydrogen-bond donors (Lipinski definition) is 0. The fourth-order valence-corrected chi connectivity index (χ4v) is 5.82. The van der Waals surface area contributed by atoms with Crippen LogP contribution in [0.2, 0.25) is 0 Å². The Morgan fingerprint density at radius 3 is 2.27 bits per heavy atom. The molecule has 6 aromatic rings. The van der Waals surface area contributed by atoms with Crippen LogP contribution in [0.4, 0.5) is 0 Å². The van der Waals surface area contributed by atoms with E-state index >= 15 is 0 Å². The summed E-state index contributed by atoms with van der Waals surface area (Å²) in [5.74, 6) is 0. The quantitative estimate of drug-likeness (QED) is 0.281. The molecule has 2 heterocycles. The Morgan fingerprint density at radius 2 is 1.40 bits per heavy atom. The molecule has 4 aromatic carbocycles. The van der Waals surface area contributed by atoms with Gasteiger partial charge < -0.3 is 4.42 Å². The summed E-state index contributed by atoms with van der Waals surface area (Å²) in [4.78, 5) is 0. The van der Waals surface area contributed by atoms with E-state index in [0.29, 0.717) is 0 Å². The SMILES string of the molecule is Cc1cccc2oc3cc(C(C)(C)c4ccc5c(c4)sc4ccccc45)ccc3c12. The van der Waals surface area contributed by atoms with E-state index in [1.165, 1.54) is 47.6 Å². The van der Waals surface area contributed by atoms with Gasteiger partial charge in [-0.25, -0.2) is 0 Å². The molecule has 0 fully saturated rings. The van der Waals surface area contributed by atoms with Gasteiger partial charge in [-0.05, 0) is 47.9 Å². The minimum absolute atomic E-state index is 0.118. The van der Waals surface area contributed by atoms with Crippen LogP contribution >= 0.6 is 11.3 Å². The zero-order valence-corrected chi connectivity index (χ0v) is 18.1. The Labute approximate surface area is 179 Å². The van der Waals surface area contributed by atoms with Crippen LogP contribution in [0.3, 0.4) is 0 Å². The predicted molar refractivity (Wildman–Crippen MR) is 130 cm³/mol. The number of rotatable bonds is 2. The number of hydrogen-bond acceptors (Lipinski definition) is 2. The molecule has 30 heavy (non-hydrogen) atoms. The van der Waals surface area contributed by atoms with E-state index in [9.17, 15) is 0 Å². The molecule has 0 saturated heterocycles. The molecule has 0 unspecified atom stereocenters. The maximum Gasteiger partial charge on any atom is 0.135 e. The molecule has 0 bridgehead atoms. The summed E-state index contributed by atoms with van der Waals surface area (Å²) >= 11 is 1.88. The van der Waals surface area contributed by atoms with Crippen molar-refractivity contribution < 1.29 is 4.42 Å². The topological polar surface area (TPSA) is 13.1 Å². The van der Waals surface area contributed by atoms with Crippen LogP contribution in [0.15, 0.2) is 83.3 Å². The molecular formula is C28H22OS. The normalized spacial score (nSPS) is 12.5. The molecule has 0 aliphatic rings. The molecule has 0 spiro atoms. The summed E-state index contributed by atoms with van der Waals surface area (Å²) in [5.41, 5.74) is 5.67. The summed E-state index contributed by atoms with van der Waals surface area (Å²) < 4.78 is 8.92. The molecule has 0 aliphatic carbocycles. The highest BCUT2D eigenvalue weighted by molar-refractivity contribution is 7.25. The van der Waals surface area contributed by atoms with Gasteiger partial charge in [-0.2, -0.15) is 0 Å². The molecule has 146 valence electrons. The molecule has 1 nitrogen and oxygen atoms in total. The van der Waals surface area contributed by atoms with Crippen molar-refractivity contribution in [2.75, 3.05) is 0 Å². The molecular weight excluding hydrogens is 384 g/mol. The second kappa shape index (κ2) is 6.20. The van der Waals surface area contributed by atoms with Crippen LogP contribution in [0.25, 0.3) is 42.1 Å². The molecule has 2 heteroatoms. The second-order valence-corrected chi connectivity index (χ2v) is 9.78. The van der Waals surface area contributed by atoms with Crippen molar-refractivity contribution in [1.29, 1.82) is 0 Å². The fraction of sp³-hybridized carbons (Fsp3) is 0.143. The average Bonchev–Trinajstić information content (AvgIpc) is 3.31. The van der Waals surface area contributed by atoms with Gasteiger partial charge in [0.25, 0.3) is 0 Å². The van der Waals surface area contributed by atoms with Gasteiger partial charge in [0, 0.05) is 36.4 Å². The lowest BCUT2D eigenvalue weighted by Crippen LogP contribution is -2.18. The highest BCUT2D eigenvalue weighted by Gasteiger charge is 2.25. The van der Waals surface area contributed by atoms with E-state index in [-0.39, 0.29) is 5.41 Å². The van der Waals surface area contributed by atoms with Gasteiger partial charge in [0.1, 0.15) is 11.2 Å². The largest absolute Gasteiger partial charge is 0.456 e. The number of furan rings is 1. The number of thiophene rings is 1. The van der Waals surface area contributed by atoms with Crippen molar-refractivity contribution >= 4 is 53.4 Å². The molecule has 0 radical (unpaired) electrons. The van der Waals surface area contributed by atoms with Gasteiger partial charge in [-0.1, -0.05) is 68.4 Å². The Morgan fingerprint density at radius 1 is 0.667 bits per heavy atom. The number of aryl methyl sites for hydroxylation is 1. The van der Waals surface area contributed by atoms with Gasteiger partial charge in [-0.3, -0.25) is 0 Å². The third kappa shape index (κ3) is 2.47. The molecule has 6 rings (SSSR count). The lowest BCUT2D eigenvalue weighted by molar-refractivity contribution is 0.634. The first-order valence-electron chi connectivity index (χ1n) is 10.4. The molecule has 0 atom stereocenters. The predicted octanol–water partition coefficient (Wildman–Crippen LogP) is 8.59. The maximum absolute atomic E-state index is 6.22. The van der Waals surface area contributed by atoms with Gasteiger partial charge in [0.15, 0.2) is 0 Å². The monoisotopic (exact) mass is 406 g/mol. The van der Waals surface area contributed by atoms with Crippen LogP contribution in [-0.4, -0.2) is 0 Å². The van der Waals surface area contributed by atoms with E-state index in [0.717, 1.165) is 11.2 Å². The Kier molecular flexibility index (Phi) is 3.66. The smallest absolute Gasteiger partial charge is 0.135 e. The molecule has 0 aliphatic heterocycles. The van der Waals surface area contributed by atoms with Crippen molar-refractivity contribution in [1.82, 2.24) is 0 Å². The van der Waals surface area contributed by atoms with Crippen LogP contribution < -0.4 is 0 Å². The second-order valence-electron chi connectivity index (χ2n) is 8.70. The Bertz CT molecular complexity index is 1580. The van der Waals surface area contributed by atoms with Gasteiger partial charge in [0.05, 0.1) is 0 Å². The van der Waals surface area contributed by atoms with Crippen LogP contribution in [0.1, 0.15) is 30.5 Å². The van der Waals surface area contributed by atoms with E-state index in [1.54, 1.807) is 0 Å². The van der Waals surface area contributed by atoms with Gasteiger partial charge in [0.2, 0.25) is 0 Å². The maximum atomic E-state index is 6.22. The first-order chi connectivity index (χ1) is 14.5. The third-order valence-corrected chi connectivity index (χ3v) is 7.66. The van der Waals surface area contributed by atoms with E-state index < -0.39 is 0 Å². The first-order valence-corrected chi connectivity index (χ1v) is 11.2. The molecule has 0 N–H and O–H groups in total. The lowest BCUT2D eigenvalue weighted by Gasteiger charge is -2.26. The molecule has 2 aromatic heterocycles. The highest BCUT2D eigenvalue weighted by atomic mass is 32.1. The highest BCUT2D eigenvalue weighted by Crippen LogP contribution is 2.40. The molecule has 0 amide bonds. The van der Waals surface area contributed by atoms with E-state index in [2.05, 4.69) is 99.6 Å². The van der Waals surface area contributed by atoms with E-state index in [1.807, 2.05) is 11.3 Å². The van der Waals surface area contributed by atoms with Crippen LogP contribution in [0.5, 0.6) is 0 Å². The van der Waals surface area contributed by atoms with Gasteiger partial charge >= 0.3 is 0 Å². The van der Waals surface area contributed by atoms with Crippen molar-refractivity contribution in [3.8, 4) is 0 Å². The third-order valence-electron chi connectivity index (χ3n) is 6.53. The standard InChI is InChI=1S/C28H22OS/c1-17-7-6-9-23-27(17)22-14-12-18(15-24(22)29-23)28(2,3)19-11-13-21-20-8-4-5-10-25(20)30-26(21)16-19/h4-16H,1-3H3. The average molecular weight is 407 g/mol. The summed E-state index contributed by atoms with van der Waals surface area (Å²) in [6.07, 6.45) is 0. The van der Waals surface area contributed by atoms with Gasteiger partial charge in [-0.15, -0.1) is 11.3 Å². The molecule has 0 saturated carbocycles. The van der Waals surface area contributed by atoms with Crippen LogP contribution in [-0.2, 0) is 5.41 Å². The van der Waals surface area contributed by atoms with Crippen LogP contribution in [0, 0.1) is 6.92 Å². The van der Waals surface area contributed by atoms with Crippen molar-refractivity contribution in [3.63, 3.8) is 0 Å². The fourth-order valence-electron chi connectivity index (χ4n) is 4.67. The Balaban J connectivity index is 1.51. The minimum atomic E-state index is -0.118. The summed E-state index contributed by atoms with van der Waals surface area (Å²) in [5, 5.41) is 5.12. The minimum Gasteiger partial charge on any atom is -0.456 e. The Hall–Kier alpha value is -3.10. The lowest BCUT2D eigenvalue weighted by atomic mass is 9.78. The first kappa shape index (κ1) is 17.7.